The third kappa shape index (κ3) is 22.0. The Labute approximate surface area is 598 Å². The smallest absolute Gasteiger partial charge is 0.251 e. The van der Waals surface area contributed by atoms with Crippen molar-refractivity contribution in [2.24, 2.45) is 11.7 Å². The number of hydrogen-bond donors (Lipinski definition) is 5. The van der Waals surface area contributed by atoms with Gasteiger partial charge in [0.05, 0.1) is 0 Å². The Kier molecular flexibility index (Phi) is 28.0. The molecule has 13 rings (SSSR count). The van der Waals surface area contributed by atoms with Crippen molar-refractivity contribution in [3.63, 3.8) is 0 Å². The first kappa shape index (κ1) is 74.7. The molecule has 3 aliphatic heterocycles. The summed E-state index contributed by atoms with van der Waals surface area (Å²) in [5.74, 6) is 0.0840. The summed E-state index contributed by atoms with van der Waals surface area (Å²) in [5, 5.41) is 17.9. The van der Waals surface area contributed by atoms with Crippen molar-refractivity contribution in [2.75, 3.05) is 45.9 Å². The molecule has 0 aromatic heterocycles. The van der Waals surface area contributed by atoms with E-state index < -0.39 is 18.1 Å². The summed E-state index contributed by atoms with van der Waals surface area (Å²) < 4.78 is 25.7. The zero-order valence-corrected chi connectivity index (χ0v) is 58.1. The van der Waals surface area contributed by atoms with E-state index in [1.807, 2.05) is 169 Å². The van der Waals surface area contributed by atoms with Crippen LogP contribution in [0.5, 0.6) is 0 Å². The third-order valence-electron chi connectivity index (χ3n) is 19.8. The number of nitrogens with one attached hydrogen (secondary N) is 3. The molecule has 8 aromatic rings. The van der Waals surface area contributed by atoms with Crippen molar-refractivity contribution < 1.29 is 47.4 Å². The molecule has 5 fully saturated rings. The van der Waals surface area contributed by atoms with Crippen LogP contribution in [0.1, 0.15) is 157 Å². The van der Waals surface area contributed by atoms with Crippen LogP contribution in [-0.2, 0) is 19.2 Å². The molecule has 532 valence electrons. The van der Waals surface area contributed by atoms with Gasteiger partial charge in [-0.2, -0.15) is 0 Å². The molecule has 3 heterocycles. The third-order valence-corrected chi connectivity index (χ3v) is 19.8. The quantitative estimate of drug-likeness (QED) is 0.0408. The second-order valence-corrected chi connectivity index (χ2v) is 27.1. The Morgan fingerprint density at radius 1 is 0.412 bits per heavy atom. The van der Waals surface area contributed by atoms with Gasteiger partial charge in [-0.25, -0.2) is 8.78 Å². The highest BCUT2D eigenvalue weighted by Crippen LogP contribution is 2.50. The summed E-state index contributed by atoms with van der Waals surface area (Å²) in [4.78, 5) is 93.5. The fourth-order valence-corrected chi connectivity index (χ4v) is 13.6. The van der Waals surface area contributed by atoms with Gasteiger partial charge in [-0.1, -0.05) is 158 Å². The Morgan fingerprint density at radius 2 is 0.725 bits per heavy atom. The molecule has 0 bridgehead atoms. The maximum Gasteiger partial charge on any atom is 0.251 e. The summed E-state index contributed by atoms with van der Waals surface area (Å²) >= 11 is 0. The fraction of sp³-hybridized carbons (Fsp3) is 0.353. The van der Waals surface area contributed by atoms with E-state index in [4.69, 9.17) is 5.73 Å². The number of halogens is 2. The number of carbonyl (C=O) groups excluding carboxylic acids is 7. The maximum atomic E-state index is 13.4. The average molecular weight is 1380 g/mol. The van der Waals surface area contributed by atoms with Crippen molar-refractivity contribution in [3.05, 3.63) is 252 Å². The van der Waals surface area contributed by atoms with Crippen LogP contribution in [0.2, 0.25) is 0 Å². The van der Waals surface area contributed by atoms with Crippen LogP contribution in [0, 0.1) is 17.6 Å². The molecule has 7 atom stereocenters. The summed E-state index contributed by atoms with van der Waals surface area (Å²) in [6.45, 7) is 4.23. The maximum absolute atomic E-state index is 13.4. The van der Waals surface area contributed by atoms with Gasteiger partial charge in [0.1, 0.15) is 36.0 Å². The van der Waals surface area contributed by atoms with E-state index in [0.717, 1.165) is 143 Å². The van der Waals surface area contributed by atoms with Crippen LogP contribution >= 0.6 is 0 Å². The lowest BCUT2D eigenvalue weighted by Crippen LogP contribution is -2.50. The molecule has 5 aliphatic rings. The first-order valence-corrected chi connectivity index (χ1v) is 36.3. The molecule has 102 heavy (non-hydrogen) atoms. The summed E-state index contributed by atoms with van der Waals surface area (Å²) in [6, 6.07) is 63.8. The number of aliphatic hydroxyl groups excluding tert-OH is 1. The highest BCUT2D eigenvalue weighted by Gasteiger charge is 2.39. The standard InChI is InChI=1S/C32H35FN2O2.C22H26N2O3.C22H24N2O3.C9H10FN/c33-28-18-16-25(17-19-28)29-22-27(29)10-7-11-30(32(37)35-20-5-2-6-21-35)34-31(36)26-14-12-24(13-15-26)23-8-3-1-4-9-23;2*25-16-13-20(22(27)24-14-5-2-6-15-24)23-21(26)19-11-9-18(10-12-19)17-7-3-1-4-8-17;10-7-3-1-6(2-4-7)8-5-9(8)11/h1,3-4,8-9,12-19,27,29-30H,2,5-7,10-11,20-22H2,(H,34,36);1,3-4,7-12,20,25H,2,5-6,13-16H2,(H,23,26);1,3-4,7-12,16,20H,2,5-6,13-15H2,(H,23,26);1-4,8-9H,5,11H2/t27-,29+,30+;2*20-;8-,9+/m1000/s1. The highest BCUT2D eigenvalue weighted by molar-refractivity contribution is 6.00. The zero-order chi connectivity index (χ0) is 71.6. The second kappa shape index (κ2) is 38.2. The summed E-state index contributed by atoms with van der Waals surface area (Å²) in [5.41, 5.74) is 15.9. The molecule has 8 aromatic carbocycles. The first-order chi connectivity index (χ1) is 49.7. The van der Waals surface area contributed by atoms with Gasteiger partial charge >= 0.3 is 0 Å². The molecular weight excluding hydrogens is 1280 g/mol. The molecule has 15 nitrogen and oxygen atoms in total. The number of hydrogen-bond acceptors (Lipinski definition) is 9. The monoisotopic (exact) mass is 1380 g/mol. The molecule has 2 aliphatic carbocycles. The minimum absolute atomic E-state index is 0.0107. The van der Waals surface area contributed by atoms with Gasteiger partial charge in [-0.15, -0.1) is 0 Å². The Balaban J connectivity index is 0.000000155. The van der Waals surface area contributed by atoms with Crippen molar-refractivity contribution in [3.8, 4) is 33.4 Å². The van der Waals surface area contributed by atoms with Gasteiger partial charge in [-0.05, 0) is 207 Å². The number of aldehydes is 1. The predicted octanol–water partition coefficient (Wildman–Crippen LogP) is 14.1. The van der Waals surface area contributed by atoms with E-state index in [0.29, 0.717) is 66.3 Å². The van der Waals surface area contributed by atoms with Gasteiger partial charge in [0.25, 0.3) is 17.7 Å². The number of benzene rings is 8. The van der Waals surface area contributed by atoms with Crippen LogP contribution in [0.3, 0.4) is 0 Å². The number of nitrogens with two attached hydrogens (primary N) is 1. The topological polar surface area (TPSA) is 212 Å². The zero-order valence-electron chi connectivity index (χ0n) is 58.1. The largest absolute Gasteiger partial charge is 0.396 e. The summed E-state index contributed by atoms with van der Waals surface area (Å²) in [6.07, 6.45) is 14.9. The molecule has 3 saturated heterocycles. The number of rotatable bonds is 22. The van der Waals surface area contributed by atoms with Gasteiger partial charge in [-0.3, -0.25) is 28.8 Å². The molecule has 6 N–H and O–H groups in total. The number of amides is 6. The first-order valence-electron chi connectivity index (χ1n) is 36.3. The van der Waals surface area contributed by atoms with Crippen LogP contribution < -0.4 is 21.7 Å². The number of aliphatic hydroxyl groups is 1. The van der Waals surface area contributed by atoms with Crippen LogP contribution in [0.25, 0.3) is 33.4 Å². The minimum atomic E-state index is -0.804. The number of carbonyl (C=O) groups is 7. The second-order valence-electron chi connectivity index (χ2n) is 27.1. The van der Waals surface area contributed by atoms with Gasteiger partial charge in [0.2, 0.25) is 17.7 Å². The van der Waals surface area contributed by atoms with Gasteiger partial charge < -0.3 is 46.3 Å². The number of likely N-dealkylation sites (tertiary alicyclic amines) is 3. The predicted molar refractivity (Wildman–Crippen MR) is 396 cm³/mol. The Morgan fingerprint density at radius 3 is 1.06 bits per heavy atom. The van der Waals surface area contributed by atoms with E-state index in [2.05, 4.69) is 16.0 Å². The van der Waals surface area contributed by atoms with Gasteiger partial charge in [0.15, 0.2) is 0 Å². The Bertz CT molecular complexity index is 3970. The van der Waals surface area contributed by atoms with E-state index >= 15 is 0 Å². The van der Waals surface area contributed by atoms with E-state index in [9.17, 15) is 47.4 Å². The van der Waals surface area contributed by atoms with Gasteiger partial charge in [0, 0.05) is 80.9 Å². The Hall–Kier alpha value is -9.97. The normalized spacial score (nSPS) is 18.3. The minimum Gasteiger partial charge on any atom is -0.396 e. The SMILES string of the molecule is N[C@@H]1C[C@H]1c1ccc(F)cc1.O=C(N[C@@H](CCC[C@@H]1C[C@H]1c1ccc(F)cc1)C(=O)N1CCCCC1)c1ccc(-c2ccccc2)cc1.O=C(N[C@@H](CCO)C(=O)N1CCCCC1)c1ccc(-c2ccccc2)cc1.O=CC[C@H](NC(=O)c1ccc(-c2ccccc2)cc1)C(=O)N1CCCCC1. The molecule has 0 radical (unpaired) electrons. The highest BCUT2D eigenvalue weighted by atomic mass is 19.1. The molecule has 2 saturated carbocycles. The van der Waals surface area contributed by atoms with Crippen molar-refractivity contribution in [1.82, 2.24) is 30.7 Å². The van der Waals surface area contributed by atoms with Crippen LogP contribution in [0.15, 0.2) is 212 Å². The lowest BCUT2D eigenvalue weighted by atomic mass is 10.0. The van der Waals surface area contributed by atoms with Crippen LogP contribution in [-0.4, -0.2) is 132 Å². The van der Waals surface area contributed by atoms with Crippen molar-refractivity contribution in [1.29, 1.82) is 0 Å². The van der Waals surface area contributed by atoms with E-state index in [1.54, 1.807) is 34.1 Å². The van der Waals surface area contributed by atoms with E-state index in [1.165, 1.54) is 35.4 Å². The average Bonchev–Trinajstić information content (AvgIpc) is 1.84. The van der Waals surface area contributed by atoms with Crippen molar-refractivity contribution >= 4 is 41.7 Å². The molecular formula is C85H95F2N7O8. The molecule has 17 heteroatoms. The lowest BCUT2D eigenvalue weighted by Gasteiger charge is -2.31. The molecule has 0 unspecified atom stereocenters. The molecule has 6 amide bonds. The summed E-state index contributed by atoms with van der Waals surface area (Å²) in [7, 11) is 0. The molecule has 0 spiro atoms. The van der Waals surface area contributed by atoms with E-state index in [-0.39, 0.29) is 66.5 Å². The number of nitrogens with zero attached hydrogens (tertiary/aromatic N) is 3. The lowest BCUT2D eigenvalue weighted by molar-refractivity contribution is -0.135. The van der Waals surface area contributed by atoms with Crippen molar-refractivity contribution in [2.45, 2.75) is 139 Å². The number of piperidine rings is 3. The van der Waals surface area contributed by atoms with Crippen LogP contribution in [0.4, 0.5) is 8.78 Å². The fourth-order valence-electron chi connectivity index (χ4n) is 13.6.